The zero-order valence-corrected chi connectivity index (χ0v) is 12.9. The number of nitrogens with two attached hydrogens (primary N) is 1. The second-order valence-electron chi connectivity index (χ2n) is 6.15. The number of rotatable bonds is 4. The quantitative estimate of drug-likeness (QED) is 0.933. The van der Waals surface area contributed by atoms with Gasteiger partial charge in [-0.3, -0.25) is 4.98 Å². The molecule has 1 aliphatic heterocycles. The van der Waals surface area contributed by atoms with Crippen LogP contribution in [0.15, 0.2) is 30.5 Å². The number of anilines is 1. The molecule has 112 valence electrons. The number of likely N-dealkylation sites (tertiary alicyclic amines) is 1. The molecule has 1 atom stereocenters. The first-order chi connectivity index (χ1) is 10.2. The van der Waals surface area contributed by atoms with E-state index in [0.29, 0.717) is 6.54 Å². The molecule has 1 aromatic heterocycles. The summed E-state index contributed by atoms with van der Waals surface area (Å²) in [5, 5.41) is 1.20. The van der Waals surface area contributed by atoms with Gasteiger partial charge in [-0.1, -0.05) is 18.2 Å². The molecule has 1 aliphatic rings. The van der Waals surface area contributed by atoms with Crippen LogP contribution in [0.3, 0.4) is 0 Å². The maximum absolute atomic E-state index is 5.93. The Balaban J connectivity index is 1.93. The molecular weight excluding hydrogens is 260 g/mol. The van der Waals surface area contributed by atoms with Crippen molar-refractivity contribution in [1.82, 2.24) is 9.88 Å². The monoisotopic (exact) mass is 284 g/mol. The van der Waals surface area contributed by atoms with Crippen LogP contribution in [-0.4, -0.2) is 43.6 Å². The minimum absolute atomic E-state index is 0.530. The van der Waals surface area contributed by atoms with E-state index in [2.05, 4.69) is 47.1 Å². The van der Waals surface area contributed by atoms with Gasteiger partial charge in [-0.25, -0.2) is 0 Å². The fourth-order valence-corrected chi connectivity index (χ4v) is 3.42. The van der Waals surface area contributed by atoms with Crippen molar-refractivity contribution in [3.8, 4) is 0 Å². The van der Waals surface area contributed by atoms with Gasteiger partial charge in [0.05, 0.1) is 11.2 Å². The van der Waals surface area contributed by atoms with Crippen LogP contribution in [0.5, 0.6) is 0 Å². The maximum Gasteiger partial charge on any atom is 0.0723 e. The highest BCUT2D eigenvalue weighted by molar-refractivity contribution is 5.93. The van der Waals surface area contributed by atoms with E-state index >= 15 is 0 Å². The molecule has 21 heavy (non-hydrogen) atoms. The van der Waals surface area contributed by atoms with E-state index in [-0.39, 0.29) is 0 Å². The van der Waals surface area contributed by atoms with Crippen LogP contribution in [0, 0.1) is 5.92 Å². The van der Waals surface area contributed by atoms with Crippen molar-refractivity contribution < 1.29 is 0 Å². The molecule has 4 nitrogen and oxygen atoms in total. The second kappa shape index (κ2) is 6.00. The highest BCUT2D eigenvalue weighted by Gasteiger charge is 2.22. The molecule has 0 saturated carbocycles. The summed E-state index contributed by atoms with van der Waals surface area (Å²) in [7, 11) is 4.38. The molecule has 1 unspecified atom stereocenters. The van der Waals surface area contributed by atoms with Crippen LogP contribution in [0.1, 0.15) is 12.0 Å². The average Bonchev–Trinajstić information content (AvgIpc) is 2.90. The van der Waals surface area contributed by atoms with Gasteiger partial charge in [0.15, 0.2) is 0 Å². The first kappa shape index (κ1) is 14.3. The Morgan fingerprint density at radius 1 is 1.38 bits per heavy atom. The van der Waals surface area contributed by atoms with E-state index in [1.807, 2.05) is 12.3 Å². The molecule has 2 aromatic rings. The molecule has 0 amide bonds. The van der Waals surface area contributed by atoms with E-state index in [4.69, 9.17) is 5.73 Å². The van der Waals surface area contributed by atoms with Crippen molar-refractivity contribution in [2.75, 3.05) is 38.6 Å². The maximum atomic E-state index is 5.93. The summed E-state index contributed by atoms with van der Waals surface area (Å²) in [5.41, 5.74) is 9.35. The predicted octanol–water partition coefficient (Wildman–Crippen LogP) is 2.08. The minimum atomic E-state index is 0.530. The van der Waals surface area contributed by atoms with Gasteiger partial charge in [0.2, 0.25) is 0 Å². The van der Waals surface area contributed by atoms with Gasteiger partial charge >= 0.3 is 0 Å². The molecule has 4 heteroatoms. The van der Waals surface area contributed by atoms with Gasteiger partial charge in [-0.05, 0) is 32.0 Å². The third-order valence-corrected chi connectivity index (χ3v) is 4.45. The summed E-state index contributed by atoms with van der Waals surface area (Å²) in [4.78, 5) is 9.30. The molecule has 0 radical (unpaired) electrons. The topological polar surface area (TPSA) is 45.4 Å². The third kappa shape index (κ3) is 2.87. The normalized spacial score (nSPS) is 19.3. The molecule has 0 spiro atoms. The Labute approximate surface area is 126 Å². The SMILES string of the molecule is CN1CCC(CN(C)c2c(CN)cnc3ccccc23)C1. The molecular formula is C17H24N4. The Bertz CT molecular complexity index is 625. The van der Waals surface area contributed by atoms with Gasteiger partial charge in [0.1, 0.15) is 0 Å². The molecule has 0 bridgehead atoms. The van der Waals surface area contributed by atoms with Crippen molar-refractivity contribution in [3.63, 3.8) is 0 Å². The molecule has 1 fully saturated rings. The molecule has 2 heterocycles. The van der Waals surface area contributed by atoms with Crippen LogP contribution < -0.4 is 10.6 Å². The van der Waals surface area contributed by atoms with Crippen molar-refractivity contribution in [2.45, 2.75) is 13.0 Å². The Morgan fingerprint density at radius 3 is 2.90 bits per heavy atom. The standard InChI is InChI=1S/C17H24N4/c1-20-8-7-13(11-20)12-21(2)17-14(9-18)10-19-16-6-4-3-5-15(16)17/h3-6,10,13H,7-9,11-12,18H2,1-2H3. The molecule has 2 N–H and O–H groups in total. The molecule has 1 aromatic carbocycles. The van der Waals surface area contributed by atoms with Crippen molar-refractivity contribution in [3.05, 3.63) is 36.0 Å². The average molecular weight is 284 g/mol. The lowest BCUT2D eigenvalue weighted by atomic mass is 10.1. The van der Waals surface area contributed by atoms with E-state index in [0.717, 1.165) is 23.5 Å². The number of pyridine rings is 1. The largest absolute Gasteiger partial charge is 0.373 e. The lowest BCUT2D eigenvalue weighted by Crippen LogP contribution is -2.28. The first-order valence-electron chi connectivity index (χ1n) is 7.65. The molecule has 0 aliphatic carbocycles. The van der Waals surface area contributed by atoms with Gasteiger partial charge in [-0.2, -0.15) is 0 Å². The third-order valence-electron chi connectivity index (χ3n) is 4.45. The van der Waals surface area contributed by atoms with E-state index < -0.39 is 0 Å². The predicted molar refractivity (Wildman–Crippen MR) is 88.5 cm³/mol. The summed E-state index contributed by atoms with van der Waals surface area (Å²) >= 11 is 0. The Kier molecular flexibility index (Phi) is 4.08. The van der Waals surface area contributed by atoms with E-state index in [9.17, 15) is 0 Å². The summed E-state index contributed by atoms with van der Waals surface area (Å²) < 4.78 is 0. The number of fused-ring (bicyclic) bond motifs is 1. The minimum Gasteiger partial charge on any atom is -0.373 e. The lowest BCUT2D eigenvalue weighted by molar-refractivity contribution is 0.396. The number of hydrogen-bond donors (Lipinski definition) is 1. The van der Waals surface area contributed by atoms with E-state index in [1.54, 1.807) is 0 Å². The number of para-hydroxylation sites is 1. The smallest absolute Gasteiger partial charge is 0.0723 e. The number of hydrogen-bond acceptors (Lipinski definition) is 4. The van der Waals surface area contributed by atoms with Gasteiger partial charge in [-0.15, -0.1) is 0 Å². The fraction of sp³-hybridized carbons (Fsp3) is 0.471. The second-order valence-corrected chi connectivity index (χ2v) is 6.15. The molecule has 3 rings (SSSR count). The van der Waals surface area contributed by atoms with Crippen LogP contribution in [0.2, 0.25) is 0 Å². The van der Waals surface area contributed by atoms with Gasteiger partial charge < -0.3 is 15.5 Å². The van der Waals surface area contributed by atoms with E-state index in [1.165, 1.54) is 30.6 Å². The number of benzene rings is 1. The summed E-state index contributed by atoms with van der Waals surface area (Å²) in [6.07, 6.45) is 3.21. The fourth-order valence-electron chi connectivity index (χ4n) is 3.42. The van der Waals surface area contributed by atoms with Gasteiger partial charge in [0, 0.05) is 43.8 Å². The van der Waals surface area contributed by atoms with Crippen molar-refractivity contribution in [2.24, 2.45) is 11.7 Å². The van der Waals surface area contributed by atoms with Crippen LogP contribution in [0.4, 0.5) is 5.69 Å². The summed E-state index contributed by atoms with van der Waals surface area (Å²) in [6.45, 7) is 4.00. The number of nitrogens with zero attached hydrogens (tertiary/aromatic N) is 3. The molecule has 1 saturated heterocycles. The summed E-state index contributed by atoms with van der Waals surface area (Å²) in [5.74, 6) is 0.734. The first-order valence-corrected chi connectivity index (χ1v) is 7.65. The number of aromatic nitrogens is 1. The lowest BCUT2D eigenvalue weighted by Gasteiger charge is -2.26. The van der Waals surface area contributed by atoms with Gasteiger partial charge in [0.25, 0.3) is 0 Å². The van der Waals surface area contributed by atoms with Crippen LogP contribution >= 0.6 is 0 Å². The Morgan fingerprint density at radius 2 is 2.19 bits per heavy atom. The van der Waals surface area contributed by atoms with Crippen LogP contribution in [0.25, 0.3) is 10.9 Å². The van der Waals surface area contributed by atoms with Crippen LogP contribution in [-0.2, 0) is 6.54 Å². The zero-order chi connectivity index (χ0) is 14.8. The van der Waals surface area contributed by atoms with Crippen molar-refractivity contribution >= 4 is 16.6 Å². The summed E-state index contributed by atoms with van der Waals surface area (Å²) in [6, 6.07) is 8.32. The highest BCUT2D eigenvalue weighted by Crippen LogP contribution is 2.30. The zero-order valence-electron chi connectivity index (χ0n) is 12.9. The van der Waals surface area contributed by atoms with Crippen molar-refractivity contribution in [1.29, 1.82) is 0 Å². The highest BCUT2D eigenvalue weighted by atomic mass is 15.2. The Hall–Kier alpha value is -1.65.